The summed E-state index contributed by atoms with van der Waals surface area (Å²) in [5.41, 5.74) is 2.54. The maximum Gasteiger partial charge on any atom is 0.122 e. The Morgan fingerprint density at radius 3 is 2.37 bits per heavy atom. The Morgan fingerprint density at radius 1 is 1.00 bits per heavy atom. The Labute approximate surface area is 118 Å². The first-order chi connectivity index (χ1) is 9.17. The second-order valence-corrected chi connectivity index (χ2v) is 5.39. The summed E-state index contributed by atoms with van der Waals surface area (Å²) in [4.78, 5) is 1.70. The van der Waals surface area contributed by atoms with Crippen LogP contribution in [0, 0.1) is 13.8 Å². The van der Waals surface area contributed by atoms with E-state index < -0.39 is 0 Å². The lowest BCUT2D eigenvalue weighted by Gasteiger charge is -2.15. The lowest BCUT2D eigenvalue weighted by atomic mass is 10.1. The van der Waals surface area contributed by atoms with Crippen LogP contribution in [0.2, 0.25) is 0 Å². The van der Waals surface area contributed by atoms with Crippen LogP contribution in [0.4, 0.5) is 0 Å². The molecular weight excluding hydrogens is 234 g/mol. The van der Waals surface area contributed by atoms with Gasteiger partial charge in [-0.15, -0.1) is 0 Å². The minimum absolute atomic E-state index is 0.845. The molecule has 0 aliphatic rings. The van der Waals surface area contributed by atoms with Gasteiger partial charge in [0.2, 0.25) is 0 Å². The van der Waals surface area contributed by atoms with E-state index in [0.717, 1.165) is 18.8 Å². The van der Waals surface area contributed by atoms with Gasteiger partial charge in [0.1, 0.15) is 5.75 Å². The molecule has 2 heteroatoms. The number of nitrogens with one attached hydrogen (secondary N) is 1. The largest absolute Gasteiger partial charge is 0.493 e. The van der Waals surface area contributed by atoms with Gasteiger partial charge in [0, 0.05) is 0 Å². The normalized spacial score (nSPS) is 11.0. The van der Waals surface area contributed by atoms with Gasteiger partial charge in [-0.05, 0) is 58.6 Å². The molecule has 1 aromatic rings. The van der Waals surface area contributed by atoms with Crippen molar-refractivity contribution < 1.29 is 9.64 Å². The first kappa shape index (κ1) is 16.0. The fourth-order valence-electron chi connectivity index (χ4n) is 2.40. The summed E-state index contributed by atoms with van der Waals surface area (Å²) in [5, 5.41) is 0. The van der Waals surface area contributed by atoms with Crippen molar-refractivity contribution in [1.82, 2.24) is 0 Å². The van der Waals surface area contributed by atoms with Crippen molar-refractivity contribution >= 4 is 0 Å². The van der Waals surface area contributed by atoms with Crippen molar-refractivity contribution in [3.63, 3.8) is 0 Å². The first-order valence-corrected chi connectivity index (χ1v) is 7.71. The molecular formula is C17H30NO+. The average Bonchev–Trinajstić information content (AvgIpc) is 2.40. The van der Waals surface area contributed by atoms with Gasteiger partial charge in [0.05, 0.1) is 26.2 Å². The van der Waals surface area contributed by atoms with Gasteiger partial charge in [-0.3, -0.25) is 0 Å². The average molecular weight is 264 g/mol. The Balaban J connectivity index is 2.14. The number of quaternary nitrogens is 1. The SMILES string of the molecule is CC[NH+](CC)CCCCCOc1ccc(C)cc1C. The summed E-state index contributed by atoms with van der Waals surface area (Å²) in [6.07, 6.45) is 3.75. The van der Waals surface area contributed by atoms with E-state index in [0.29, 0.717) is 0 Å². The highest BCUT2D eigenvalue weighted by Gasteiger charge is 2.02. The van der Waals surface area contributed by atoms with Crippen LogP contribution in [-0.2, 0) is 0 Å². The van der Waals surface area contributed by atoms with Gasteiger partial charge < -0.3 is 9.64 Å². The number of hydrogen-bond donors (Lipinski definition) is 1. The Hall–Kier alpha value is -1.02. The highest BCUT2D eigenvalue weighted by Crippen LogP contribution is 2.18. The zero-order chi connectivity index (χ0) is 14.1. The number of hydrogen-bond acceptors (Lipinski definition) is 1. The quantitative estimate of drug-likeness (QED) is 0.677. The Bertz CT molecular complexity index is 358. The zero-order valence-corrected chi connectivity index (χ0v) is 13.1. The van der Waals surface area contributed by atoms with Gasteiger partial charge in [-0.1, -0.05) is 17.7 Å². The summed E-state index contributed by atoms with van der Waals surface area (Å²) < 4.78 is 5.84. The molecule has 2 nitrogen and oxygen atoms in total. The van der Waals surface area contributed by atoms with Crippen molar-refractivity contribution in [2.24, 2.45) is 0 Å². The van der Waals surface area contributed by atoms with Gasteiger partial charge in [0.15, 0.2) is 0 Å². The van der Waals surface area contributed by atoms with Crippen molar-refractivity contribution in [3.8, 4) is 5.75 Å². The van der Waals surface area contributed by atoms with Crippen molar-refractivity contribution in [2.75, 3.05) is 26.2 Å². The van der Waals surface area contributed by atoms with E-state index >= 15 is 0 Å². The molecule has 0 unspecified atom stereocenters. The predicted molar refractivity (Wildman–Crippen MR) is 82.2 cm³/mol. The molecule has 0 saturated carbocycles. The maximum atomic E-state index is 5.84. The topological polar surface area (TPSA) is 13.7 Å². The molecule has 0 fully saturated rings. The third kappa shape index (κ3) is 6.11. The molecule has 0 aromatic heterocycles. The van der Waals surface area contributed by atoms with Crippen LogP contribution < -0.4 is 9.64 Å². The molecule has 0 saturated heterocycles. The maximum absolute atomic E-state index is 5.84. The third-order valence-electron chi connectivity index (χ3n) is 3.76. The first-order valence-electron chi connectivity index (χ1n) is 7.71. The molecule has 1 aromatic carbocycles. The highest BCUT2D eigenvalue weighted by atomic mass is 16.5. The van der Waals surface area contributed by atoms with Crippen LogP contribution in [0.25, 0.3) is 0 Å². The lowest BCUT2D eigenvalue weighted by molar-refractivity contribution is -0.896. The Kier molecular flexibility index (Phi) is 7.57. The summed E-state index contributed by atoms with van der Waals surface area (Å²) in [7, 11) is 0. The fraction of sp³-hybridized carbons (Fsp3) is 0.647. The third-order valence-corrected chi connectivity index (χ3v) is 3.76. The summed E-state index contributed by atoms with van der Waals surface area (Å²) in [6.45, 7) is 13.4. The van der Waals surface area contributed by atoms with Gasteiger partial charge in [-0.2, -0.15) is 0 Å². The molecule has 0 spiro atoms. The van der Waals surface area contributed by atoms with E-state index in [4.69, 9.17) is 4.74 Å². The predicted octanol–water partition coefficient (Wildman–Crippen LogP) is 2.78. The molecule has 19 heavy (non-hydrogen) atoms. The van der Waals surface area contributed by atoms with Gasteiger partial charge >= 0.3 is 0 Å². The molecule has 0 amide bonds. The fourth-order valence-corrected chi connectivity index (χ4v) is 2.40. The van der Waals surface area contributed by atoms with E-state index in [2.05, 4.69) is 45.9 Å². The molecule has 0 heterocycles. The van der Waals surface area contributed by atoms with E-state index in [9.17, 15) is 0 Å². The summed E-state index contributed by atoms with van der Waals surface area (Å²) in [6, 6.07) is 6.38. The minimum atomic E-state index is 0.845. The summed E-state index contributed by atoms with van der Waals surface area (Å²) in [5.74, 6) is 1.04. The second-order valence-electron chi connectivity index (χ2n) is 5.39. The van der Waals surface area contributed by atoms with Crippen LogP contribution in [-0.4, -0.2) is 26.2 Å². The highest BCUT2D eigenvalue weighted by molar-refractivity contribution is 5.35. The number of benzene rings is 1. The minimum Gasteiger partial charge on any atom is -0.493 e. The summed E-state index contributed by atoms with van der Waals surface area (Å²) >= 11 is 0. The molecule has 0 bridgehead atoms. The van der Waals surface area contributed by atoms with Crippen LogP contribution in [0.1, 0.15) is 44.2 Å². The number of unbranched alkanes of at least 4 members (excludes halogenated alkanes) is 2. The number of ether oxygens (including phenoxy) is 1. The van der Waals surface area contributed by atoms with E-state index in [1.54, 1.807) is 4.90 Å². The van der Waals surface area contributed by atoms with Crippen LogP contribution in [0.5, 0.6) is 5.75 Å². The van der Waals surface area contributed by atoms with E-state index in [1.165, 1.54) is 43.6 Å². The molecule has 0 atom stereocenters. The van der Waals surface area contributed by atoms with Crippen molar-refractivity contribution in [3.05, 3.63) is 29.3 Å². The van der Waals surface area contributed by atoms with Crippen LogP contribution in [0.15, 0.2) is 18.2 Å². The smallest absolute Gasteiger partial charge is 0.122 e. The molecule has 0 aliphatic heterocycles. The molecule has 0 radical (unpaired) electrons. The van der Waals surface area contributed by atoms with Crippen LogP contribution in [0.3, 0.4) is 0 Å². The number of rotatable bonds is 9. The van der Waals surface area contributed by atoms with Crippen molar-refractivity contribution in [1.29, 1.82) is 0 Å². The molecule has 0 aliphatic carbocycles. The van der Waals surface area contributed by atoms with E-state index in [-0.39, 0.29) is 0 Å². The van der Waals surface area contributed by atoms with Crippen LogP contribution >= 0.6 is 0 Å². The van der Waals surface area contributed by atoms with Crippen molar-refractivity contribution in [2.45, 2.75) is 47.0 Å². The number of aryl methyl sites for hydroxylation is 2. The molecule has 108 valence electrons. The zero-order valence-electron chi connectivity index (χ0n) is 13.1. The second kappa shape index (κ2) is 8.98. The molecule has 1 rings (SSSR count). The monoisotopic (exact) mass is 264 g/mol. The Morgan fingerprint density at radius 2 is 1.74 bits per heavy atom. The molecule has 1 N–H and O–H groups in total. The lowest BCUT2D eigenvalue weighted by Crippen LogP contribution is -3.11. The van der Waals surface area contributed by atoms with E-state index in [1.807, 2.05) is 0 Å². The standard InChI is InChI=1S/C17H29NO/c1-5-18(6-2)12-8-7-9-13-19-17-11-10-15(3)14-16(17)4/h10-11,14H,5-9,12-13H2,1-4H3/p+1. The van der Waals surface area contributed by atoms with Gasteiger partial charge in [-0.25, -0.2) is 0 Å². The van der Waals surface area contributed by atoms with Gasteiger partial charge in [0.25, 0.3) is 0 Å².